The molecule has 0 unspecified atom stereocenters. The summed E-state index contributed by atoms with van der Waals surface area (Å²) < 4.78 is 1.84. The Balaban J connectivity index is 0.00000180. The van der Waals surface area contributed by atoms with E-state index in [4.69, 9.17) is 0 Å². The molecule has 2 N–H and O–H groups in total. The lowest BCUT2D eigenvalue weighted by Gasteiger charge is -2.34. The van der Waals surface area contributed by atoms with Gasteiger partial charge in [0.2, 0.25) is 0 Å². The van der Waals surface area contributed by atoms with Gasteiger partial charge in [-0.1, -0.05) is 6.92 Å². The minimum absolute atomic E-state index is 0. The molecule has 108 valence electrons. The zero-order valence-corrected chi connectivity index (χ0v) is 15.4. The predicted molar refractivity (Wildman–Crippen MR) is 89.5 cm³/mol. The van der Waals surface area contributed by atoms with Crippen LogP contribution in [0.4, 0.5) is 0 Å². The second kappa shape index (κ2) is 7.41. The minimum Gasteiger partial charge on any atom is -0.351 e. The number of nitrogens with one attached hydrogen (secondary N) is 2. The van der Waals surface area contributed by atoms with E-state index in [1.54, 1.807) is 0 Å². The van der Waals surface area contributed by atoms with Gasteiger partial charge in [0.25, 0.3) is 5.91 Å². The molecule has 1 aromatic heterocycles. The molecular formula is C12H17Br2ClN2OS. The van der Waals surface area contributed by atoms with E-state index in [2.05, 4.69) is 49.4 Å². The summed E-state index contributed by atoms with van der Waals surface area (Å²) in [4.78, 5) is 12.1. The topological polar surface area (TPSA) is 41.1 Å². The van der Waals surface area contributed by atoms with Gasteiger partial charge < -0.3 is 10.6 Å². The molecular weight excluding hydrogens is 415 g/mol. The van der Waals surface area contributed by atoms with Crippen LogP contribution in [0.25, 0.3) is 0 Å². The van der Waals surface area contributed by atoms with Crippen LogP contribution in [0, 0.1) is 5.41 Å². The molecule has 0 bridgehead atoms. The number of rotatable bonds is 3. The standard InChI is InChI=1S/C12H16Br2N2OS.ClH/c1-12(2-4-15-5-3-12)7-16-11(17)8-6-9(13)18-10(8)14;/h6,15H,2-5,7H2,1H3,(H,16,17);1H. The fourth-order valence-electron chi connectivity index (χ4n) is 2.09. The van der Waals surface area contributed by atoms with Crippen molar-refractivity contribution in [3.05, 3.63) is 19.2 Å². The van der Waals surface area contributed by atoms with Crippen LogP contribution in [-0.2, 0) is 0 Å². The van der Waals surface area contributed by atoms with Gasteiger partial charge in [0.1, 0.15) is 0 Å². The lowest BCUT2D eigenvalue weighted by Crippen LogP contribution is -2.42. The van der Waals surface area contributed by atoms with Gasteiger partial charge in [-0.2, -0.15) is 0 Å². The molecule has 1 amide bonds. The second-order valence-corrected chi connectivity index (χ2v) is 8.73. The monoisotopic (exact) mass is 430 g/mol. The molecule has 1 aliphatic rings. The second-order valence-electron chi connectivity index (χ2n) is 4.98. The largest absolute Gasteiger partial charge is 0.351 e. The Kier molecular flexibility index (Phi) is 6.79. The fourth-order valence-corrected chi connectivity index (χ4v) is 4.88. The van der Waals surface area contributed by atoms with E-state index in [0.29, 0.717) is 5.56 Å². The predicted octanol–water partition coefficient (Wildman–Crippen LogP) is 3.81. The van der Waals surface area contributed by atoms with E-state index in [-0.39, 0.29) is 23.7 Å². The first-order valence-corrected chi connectivity index (χ1v) is 8.34. The van der Waals surface area contributed by atoms with Crippen LogP contribution in [-0.4, -0.2) is 25.5 Å². The maximum atomic E-state index is 12.1. The number of hydrogen-bond donors (Lipinski definition) is 2. The van der Waals surface area contributed by atoms with Crippen LogP contribution in [0.5, 0.6) is 0 Å². The van der Waals surface area contributed by atoms with Gasteiger partial charge in [-0.3, -0.25) is 4.79 Å². The van der Waals surface area contributed by atoms with Gasteiger partial charge in [-0.15, -0.1) is 23.7 Å². The van der Waals surface area contributed by atoms with Gasteiger partial charge in [0.05, 0.1) is 13.1 Å². The summed E-state index contributed by atoms with van der Waals surface area (Å²) in [5.74, 6) is 0.00332. The molecule has 1 aromatic rings. The molecule has 19 heavy (non-hydrogen) atoms. The van der Waals surface area contributed by atoms with Crippen LogP contribution in [0.3, 0.4) is 0 Å². The van der Waals surface area contributed by atoms with Crippen molar-refractivity contribution in [2.75, 3.05) is 19.6 Å². The highest BCUT2D eigenvalue weighted by Gasteiger charge is 2.27. The first-order chi connectivity index (χ1) is 8.50. The Morgan fingerprint density at radius 3 is 2.63 bits per heavy atom. The zero-order chi connectivity index (χ0) is 13.2. The van der Waals surface area contributed by atoms with E-state index in [0.717, 1.165) is 40.0 Å². The summed E-state index contributed by atoms with van der Waals surface area (Å²) in [5, 5.41) is 6.40. The van der Waals surface area contributed by atoms with Gasteiger partial charge in [0.15, 0.2) is 0 Å². The number of amides is 1. The van der Waals surface area contributed by atoms with Crippen LogP contribution < -0.4 is 10.6 Å². The van der Waals surface area contributed by atoms with Crippen molar-refractivity contribution in [1.82, 2.24) is 10.6 Å². The lowest BCUT2D eigenvalue weighted by molar-refractivity contribution is 0.0922. The van der Waals surface area contributed by atoms with Crippen molar-refractivity contribution in [2.24, 2.45) is 5.41 Å². The van der Waals surface area contributed by atoms with Crippen LogP contribution >= 0.6 is 55.6 Å². The molecule has 0 atom stereocenters. The maximum absolute atomic E-state index is 12.1. The molecule has 0 spiro atoms. The Morgan fingerprint density at radius 1 is 1.47 bits per heavy atom. The first-order valence-electron chi connectivity index (χ1n) is 5.94. The fraction of sp³-hybridized carbons (Fsp3) is 0.583. The highest BCUT2D eigenvalue weighted by molar-refractivity contribution is 9.12. The van der Waals surface area contributed by atoms with E-state index in [1.807, 2.05) is 6.07 Å². The Labute approximate surface area is 140 Å². The summed E-state index contributed by atoms with van der Waals surface area (Å²) in [6.07, 6.45) is 2.23. The Hall–Kier alpha value is 0.380. The number of piperidine rings is 1. The normalized spacial score (nSPS) is 17.6. The molecule has 0 aromatic carbocycles. The zero-order valence-electron chi connectivity index (χ0n) is 10.6. The molecule has 0 radical (unpaired) electrons. The smallest absolute Gasteiger partial charge is 0.253 e. The van der Waals surface area contributed by atoms with Gasteiger partial charge >= 0.3 is 0 Å². The lowest BCUT2D eigenvalue weighted by atomic mass is 9.81. The summed E-state index contributed by atoms with van der Waals surface area (Å²) in [6, 6.07) is 1.86. The van der Waals surface area contributed by atoms with E-state index in [9.17, 15) is 4.79 Å². The minimum atomic E-state index is 0. The molecule has 1 aliphatic heterocycles. The molecule has 1 fully saturated rings. The number of hydrogen-bond acceptors (Lipinski definition) is 3. The van der Waals surface area contributed by atoms with Crippen LogP contribution in [0.15, 0.2) is 13.6 Å². The van der Waals surface area contributed by atoms with Crippen molar-refractivity contribution in [3.8, 4) is 0 Å². The summed E-state index contributed by atoms with van der Waals surface area (Å²) in [6.45, 7) is 5.07. The first kappa shape index (κ1) is 17.4. The van der Waals surface area contributed by atoms with Gasteiger partial charge in [-0.25, -0.2) is 0 Å². The molecule has 7 heteroatoms. The molecule has 0 saturated carbocycles. The van der Waals surface area contributed by atoms with E-state index >= 15 is 0 Å². The third-order valence-corrected chi connectivity index (χ3v) is 5.73. The van der Waals surface area contributed by atoms with Crippen molar-refractivity contribution in [2.45, 2.75) is 19.8 Å². The van der Waals surface area contributed by atoms with Crippen LogP contribution in [0.2, 0.25) is 0 Å². The average Bonchev–Trinajstić information content (AvgIpc) is 2.67. The average molecular weight is 433 g/mol. The summed E-state index contributed by atoms with van der Waals surface area (Å²) in [7, 11) is 0. The Bertz CT molecular complexity index is 447. The van der Waals surface area contributed by atoms with Crippen molar-refractivity contribution >= 4 is 61.5 Å². The van der Waals surface area contributed by atoms with Crippen molar-refractivity contribution in [3.63, 3.8) is 0 Å². The SMILES string of the molecule is CC1(CNC(=O)c2cc(Br)sc2Br)CCNCC1.Cl. The van der Waals surface area contributed by atoms with Crippen LogP contribution in [0.1, 0.15) is 30.1 Å². The quantitative estimate of drug-likeness (QED) is 0.763. The van der Waals surface area contributed by atoms with E-state index < -0.39 is 0 Å². The number of carbonyl (C=O) groups excluding carboxylic acids is 1. The van der Waals surface area contributed by atoms with Gasteiger partial charge in [-0.05, 0) is 69.3 Å². The van der Waals surface area contributed by atoms with Crippen molar-refractivity contribution in [1.29, 1.82) is 0 Å². The number of thiophene rings is 1. The molecule has 2 rings (SSSR count). The third kappa shape index (κ3) is 4.70. The maximum Gasteiger partial charge on any atom is 0.253 e. The summed E-state index contributed by atoms with van der Waals surface area (Å²) in [5.41, 5.74) is 0.935. The third-order valence-electron chi connectivity index (χ3n) is 3.39. The Morgan fingerprint density at radius 2 is 2.11 bits per heavy atom. The molecule has 3 nitrogen and oxygen atoms in total. The molecule has 2 heterocycles. The highest BCUT2D eigenvalue weighted by Crippen LogP contribution is 2.32. The molecule has 1 saturated heterocycles. The highest BCUT2D eigenvalue weighted by atomic mass is 79.9. The van der Waals surface area contributed by atoms with Crippen molar-refractivity contribution < 1.29 is 4.79 Å². The molecule has 0 aliphatic carbocycles. The summed E-state index contributed by atoms with van der Waals surface area (Å²) >= 11 is 8.33. The van der Waals surface area contributed by atoms with E-state index in [1.165, 1.54) is 11.3 Å². The number of halogens is 3. The van der Waals surface area contributed by atoms with Gasteiger partial charge in [0, 0.05) is 6.54 Å². The number of carbonyl (C=O) groups is 1.